The van der Waals surface area contributed by atoms with E-state index >= 15 is 0 Å². The smallest absolute Gasteiger partial charge is 0.348 e. The largest absolute Gasteiger partial charge is 0.469 e. The van der Waals surface area contributed by atoms with Gasteiger partial charge in [-0.1, -0.05) is 0 Å². The molecule has 1 fully saturated rings. The predicted molar refractivity (Wildman–Crippen MR) is 103 cm³/mol. The lowest BCUT2D eigenvalue weighted by Crippen LogP contribution is -2.53. The molecule has 0 saturated carbocycles. The first-order valence-corrected chi connectivity index (χ1v) is 9.92. The minimum atomic E-state index is -1.39. The van der Waals surface area contributed by atoms with Crippen molar-refractivity contribution in [1.29, 1.82) is 0 Å². The number of ether oxygens (including phenoxy) is 4. The molecule has 158 valence electrons. The molecule has 1 saturated heterocycles. The van der Waals surface area contributed by atoms with Crippen LogP contribution in [0.2, 0.25) is 0 Å². The first kappa shape index (κ1) is 22.7. The van der Waals surface area contributed by atoms with E-state index in [2.05, 4.69) is 15.9 Å². The van der Waals surface area contributed by atoms with Gasteiger partial charge in [-0.3, -0.25) is 9.59 Å². The molecule has 0 aromatic carbocycles. The molecule has 9 heteroatoms. The maximum Gasteiger partial charge on any atom is 0.348 e. The third-order valence-electron chi connectivity index (χ3n) is 5.78. The van der Waals surface area contributed by atoms with Gasteiger partial charge in [-0.15, -0.1) is 0 Å². The van der Waals surface area contributed by atoms with E-state index in [1.165, 1.54) is 14.2 Å². The van der Waals surface area contributed by atoms with Crippen LogP contribution in [0.5, 0.6) is 0 Å². The fourth-order valence-electron chi connectivity index (χ4n) is 4.04. The SMILES string of the molecule is COC(=O)C[C@H](C(=O)OC)[C@]1(C)OC(=O)C(Br)=C1N1CCC[C@H]1C(C)(C)OC. The number of methoxy groups -OCH3 is 3. The van der Waals surface area contributed by atoms with E-state index in [-0.39, 0.29) is 16.9 Å². The Morgan fingerprint density at radius 1 is 1.32 bits per heavy atom. The molecule has 0 radical (unpaired) electrons. The van der Waals surface area contributed by atoms with Gasteiger partial charge in [-0.25, -0.2) is 4.79 Å². The fourth-order valence-corrected chi connectivity index (χ4v) is 4.74. The van der Waals surface area contributed by atoms with Crippen molar-refractivity contribution < 1.29 is 33.3 Å². The van der Waals surface area contributed by atoms with Gasteiger partial charge in [0.05, 0.1) is 38.0 Å². The standard InChI is InChI=1S/C19H28BrNO7/c1-18(2,27-6)12-8-7-9-21(12)15-14(20)17(24)28-19(15,3)11(16(23)26-5)10-13(22)25-4/h11-12H,7-10H2,1-6H3/t11-,12+,19+/m1/s1. The number of rotatable bonds is 7. The molecule has 0 aliphatic carbocycles. The van der Waals surface area contributed by atoms with Crippen LogP contribution in [-0.4, -0.2) is 67.9 Å². The van der Waals surface area contributed by atoms with Gasteiger partial charge in [0.25, 0.3) is 0 Å². The monoisotopic (exact) mass is 461 g/mol. The summed E-state index contributed by atoms with van der Waals surface area (Å²) >= 11 is 3.35. The Labute approximate surface area is 173 Å². The number of halogens is 1. The van der Waals surface area contributed by atoms with Crippen LogP contribution in [0.4, 0.5) is 0 Å². The van der Waals surface area contributed by atoms with Crippen molar-refractivity contribution in [2.75, 3.05) is 27.9 Å². The third kappa shape index (κ3) is 3.91. The summed E-state index contributed by atoms with van der Waals surface area (Å²) in [6.07, 6.45) is 1.48. The van der Waals surface area contributed by atoms with Crippen LogP contribution in [0.1, 0.15) is 40.0 Å². The van der Waals surface area contributed by atoms with Crippen molar-refractivity contribution >= 4 is 33.8 Å². The van der Waals surface area contributed by atoms with Gasteiger partial charge in [-0.05, 0) is 49.5 Å². The molecule has 2 heterocycles. The maximum absolute atomic E-state index is 12.6. The topological polar surface area (TPSA) is 91.4 Å². The summed E-state index contributed by atoms with van der Waals surface area (Å²) in [5.41, 5.74) is -1.35. The minimum absolute atomic E-state index is 0.0368. The number of esters is 3. The molecule has 0 N–H and O–H groups in total. The van der Waals surface area contributed by atoms with Crippen LogP contribution in [0.3, 0.4) is 0 Å². The predicted octanol–water partition coefficient (Wildman–Crippen LogP) is 2.15. The quantitative estimate of drug-likeness (QED) is 0.420. The molecule has 0 unspecified atom stereocenters. The van der Waals surface area contributed by atoms with Crippen molar-refractivity contribution in [3.8, 4) is 0 Å². The van der Waals surface area contributed by atoms with E-state index in [1.54, 1.807) is 14.0 Å². The zero-order valence-electron chi connectivity index (χ0n) is 17.2. The molecular weight excluding hydrogens is 434 g/mol. The van der Waals surface area contributed by atoms with E-state index < -0.39 is 35.0 Å². The Morgan fingerprint density at radius 2 is 1.96 bits per heavy atom. The number of hydrogen-bond donors (Lipinski definition) is 0. The molecule has 0 aromatic rings. The Hall–Kier alpha value is -1.61. The highest BCUT2D eigenvalue weighted by Gasteiger charge is 2.57. The number of nitrogens with zero attached hydrogens (tertiary/aromatic N) is 1. The summed E-state index contributed by atoms with van der Waals surface area (Å²) in [7, 11) is 4.12. The molecule has 0 aromatic heterocycles. The van der Waals surface area contributed by atoms with Crippen molar-refractivity contribution in [3.05, 3.63) is 10.2 Å². The van der Waals surface area contributed by atoms with E-state index in [9.17, 15) is 14.4 Å². The summed E-state index contributed by atoms with van der Waals surface area (Å²) < 4.78 is 21.2. The van der Waals surface area contributed by atoms with E-state index in [4.69, 9.17) is 18.9 Å². The molecule has 8 nitrogen and oxygen atoms in total. The highest BCUT2D eigenvalue weighted by molar-refractivity contribution is 9.12. The van der Waals surface area contributed by atoms with Gasteiger partial charge in [0.1, 0.15) is 10.4 Å². The molecule has 0 spiro atoms. The van der Waals surface area contributed by atoms with Crippen molar-refractivity contribution in [2.24, 2.45) is 5.92 Å². The second-order valence-corrected chi connectivity index (χ2v) is 8.47. The normalized spacial score (nSPS) is 26.3. The van der Waals surface area contributed by atoms with Crippen molar-refractivity contribution in [3.63, 3.8) is 0 Å². The van der Waals surface area contributed by atoms with Gasteiger partial charge in [-0.2, -0.15) is 0 Å². The molecule has 28 heavy (non-hydrogen) atoms. The zero-order chi connectivity index (χ0) is 21.3. The van der Waals surface area contributed by atoms with Gasteiger partial charge in [0.15, 0.2) is 5.60 Å². The molecule has 2 aliphatic rings. The highest BCUT2D eigenvalue weighted by atomic mass is 79.9. The second-order valence-electron chi connectivity index (χ2n) is 7.67. The fraction of sp³-hybridized carbons (Fsp3) is 0.737. The van der Waals surface area contributed by atoms with E-state index in [0.29, 0.717) is 12.2 Å². The number of cyclic esters (lactones) is 1. The van der Waals surface area contributed by atoms with Crippen LogP contribution in [-0.2, 0) is 33.3 Å². The number of carbonyl (C=O) groups is 3. The third-order valence-corrected chi connectivity index (χ3v) is 6.48. The Morgan fingerprint density at radius 3 is 2.50 bits per heavy atom. The summed E-state index contributed by atoms with van der Waals surface area (Å²) in [4.78, 5) is 39.1. The van der Waals surface area contributed by atoms with Crippen LogP contribution in [0, 0.1) is 5.92 Å². The van der Waals surface area contributed by atoms with Crippen LogP contribution >= 0.6 is 15.9 Å². The zero-order valence-corrected chi connectivity index (χ0v) is 18.8. The second kappa shape index (κ2) is 8.41. The lowest BCUT2D eigenvalue weighted by Gasteiger charge is -2.43. The maximum atomic E-state index is 12.6. The molecule has 2 rings (SSSR count). The summed E-state index contributed by atoms with van der Waals surface area (Å²) in [6, 6.07) is -0.0368. The molecule has 3 atom stereocenters. The summed E-state index contributed by atoms with van der Waals surface area (Å²) in [5, 5.41) is 0. The van der Waals surface area contributed by atoms with Gasteiger partial charge >= 0.3 is 17.9 Å². The van der Waals surface area contributed by atoms with Crippen LogP contribution in [0.15, 0.2) is 10.2 Å². The van der Waals surface area contributed by atoms with Gasteiger partial charge in [0.2, 0.25) is 0 Å². The Bertz CT molecular complexity index is 690. The minimum Gasteiger partial charge on any atom is -0.469 e. The lowest BCUT2D eigenvalue weighted by molar-refractivity contribution is -0.168. The molecule has 0 amide bonds. The Balaban J connectivity index is 2.54. The lowest BCUT2D eigenvalue weighted by atomic mass is 9.82. The van der Waals surface area contributed by atoms with E-state index in [1.807, 2.05) is 18.7 Å². The molecule has 0 bridgehead atoms. The molecular formula is C19H28BrNO7. The number of hydrogen-bond acceptors (Lipinski definition) is 8. The average molecular weight is 462 g/mol. The highest BCUT2D eigenvalue weighted by Crippen LogP contribution is 2.47. The average Bonchev–Trinajstić information content (AvgIpc) is 3.22. The van der Waals surface area contributed by atoms with Gasteiger partial charge < -0.3 is 23.8 Å². The van der Waals surface area contributed by atoms with Crippen LogP contribution < -0.4 is 0 Å². The van der Waals surface area contributed by atoms with Crippen molar-refractivity contribution in [1.82, 2.24) is 4.90 Å². The summed E-state index contributed by atoms with van der Waals surface area (Å²) in [5.74, 6) is -2.88. The summed E-state index contributed by atoms with van der Waals surface area (Å²) in [6.45, 7) is 6.26. The van der Waals surface area contributed by atoms with Gasteiger partial charge in [0, 0.05) is 13.7 Å². The van der Waals surface area contributed by atoms with E-state index in [0.717, 1.165) is 12.8 Å². The molecule has 2 aliphatic heterocycles. The number of likely N-dealkylation sites (tertiary alicyclic amines) is 1. The number of carbonyl (C=O) groups excluding carboxylic acids is 3. The van der Waals surface area contributed by atoms with Crippen LogP contribution in [0.25, 0.3) is 0 Å². The van der Waals surface area contributed by atoms with Crippen molar-refractivity contribution in [2.45, 2.75) is 57.3 Å². The first-order valence-electron chi connectivity index (χ1n) is 9.13. The first-order chi connectivity index (χ1) is 13.0. The Kier molecular flexibility index (Phi) is 6.81.